The maximum absolute atomic E-state index is 11.6. The molecule has 5 nitrogen and oxygen atoms in total. The number of hydrogen-bond donors (Lipinski definition) is 3. The summed E-state index contributed by atoms with van der Waals surface area (Å²) in [7, 11) is 0. The van der Waals surface area contributed by atoms with Crippen molar-refractivity contribution in [1.82, 2.24) is 5.32 Å². The number of carbonyl (C=O) groups is 2. The van der Waals surface area contributed by atoms with Crippen molar-refractivity contribution in [2.45, 2.75) is 42.9 Å². The van der Waals surface area contributed by atoms with E-state index < -0.39 is 11.9 Å². The van der Waals surface area contributed by atoms with Crippen molar-refractivity contribution >= 4 is 23.6 Å². The van der Waals surface area contributed by atoms with Gasteiger partial charge in [-0.05, 0) is 19.1 Å². The number of primary amides is 1. The third kappa shape index (κ3) is 4.20. The van der Waals surface area contributed by atoms with Gasteiger partial charge >= 0.3 is 0 Å². The number of nitrogens with one attached hydrogen (secondary N) is 1. The van der Waals surface area contributed by atoms with Gasteiger partial charge in [-0.25, -0.2) is 0 Å². The van der Waals surface area contributed by atoms with Gasteiger partial charge in [0, 0.05) is 11.3 Å². The van der Waals surface area contributed by atoms with Crippen molar-refractivity contribution < 1.29 is 9.59 Å². The van der Waals surface area contributed by atoms with Crippen molar-refractivity contribution in [1.29, 1.82) is 0 Å². The highest BCUT2D eigenvalue weighted by Gasteiger charge is 2.33. The van der Waals surface area contributed by atoms with Crippen LogP contribution in [-0.4, -0.2) is 35.4 Å². The van der Waals surface area contributed by atoms with E-state index >= 15 is 0 Å². The van der Waals surface area contributed by atoms with E-state index in [1.54, 1.807) is 11.8 Å². The molecule has 1 atom stereocenters. The van der Waals surface area contributed by atoms with Crippen LogP contribution in [0.15, 0.2) is 0 Å². The predicted molar refractivity (Wildman–Crippen MR) is 69.5 cm³/mol. The summed E-state index contributed by atoms with van der Waals surface area (Å²) in [6.45, 7) is 0.624. The predicted octanol–water partition coefficient (Wildman–Crippen LogP) is -0.0189. The maximum Gasteiger partial charge on any atom is 0.237 e. The molecule has 0 aromatic rings. The van der Waals surface area contributed by atoms with Crippen LogP contribution in [0.3, 0.4) is 0 Å². The first-order valence-electron chi connectivity index (χ1n) is 5.86. The first-order valence-corrected chi connectivity index (χ1v) is 7.08. The minimum atomic E-state index is -0.826. The summed E-state index contributed by atoms with van der Waals surface area (Å²) in [5, 5.41) is 2.83. The van der Waals surface area contributed by atoms with Crippen molar-refractivity contribution in [2.24, 2.45) is 11.5 Å². The molecule has 1 saturated carbocycles. The lowest BCUT2D eigenvalue weighted by Crippen LogP contribution is -2.47. The van der Waals surface area contributed by atoms with E-state index in [4.69, 9.17) is 11.5 Å². The van der Waals surface area contributed by atoms with E-state index in [0.717, 1.165) is 12.8 Å². The smallest absolute Gasteiger partial charge is 0.237 e. The van der Waals surface area contributed by atoms with Gasteiger partial charge in [0.15, 0.2) is 0 Å². The number of carbonyl (C=O) groups excluding carboxylic acids is 2. The number of thioether (sulfide) groups is 1. The topological polar surface area (TPSA) is 98.2 Å². The molecule has 0 aliphatic heterocycles. The van der Waals surface area contributed by atoms with Crippen LogP contribution in [0.5, 0.6) is 0 Å². The fraction of sp³-hybridized carbons (Fsp3) is 0.818. The molecule has 0 spiro atoms. The van der Waals surface area contributed by atoms with Gasteiger partial charge in [-0.15, -0.1) is 0 Å². The first kappa shape index (κ1) is 14.3. The number of rotatable bonds is 6. The molecule has 0 heterocycles. The summed E-state index contributed by atoms with van der Waals surface area (Å²) in [5.41, 5.74) is 10.6. The molecule has 1 aliphatic carbocycles. The molecule has 2 amide bonds. The Hall–Kier alpha value is -0.750. The van der Waals surface area contributed by atoms with Gasteiger partial charge in [0.1, 0.15) is 0 Å². The second kappa shape index (κ2) is 6.26. The van der Waals surface area contributed by atoms with E-state index in [1.165, 1.54) is 12.8 Å². The summed E-state index contributed by atoms with van der Waals surface area (Å²) in [6, 6.07) is -0.826. The summed E-state index contributed by atoms with van der Waals surface area (Å²) >= 11 is 1.80. The van der Waals surface area contributed by atoms with Gasteiger partial charge < -0.3 is 16.8 Å². The standard InChI is InChI=1S/C11H21N3O2S/c1-17-11(4-2-3-5-11)7-14-10(16)8(12)6-9(13)15/h8H,2-7,12H2,1H3,(H2,13,15)(H,14,16). The molecule has 0 aromatic carbocycles. The molecule has 1 unspecified atom stereocenters. The number of hydrogen-bond acceptors (Lipinski definition) is 4. The second-order valence-corrected chi connectivity index (χ2v) is 5.86. The molecule has 5 N–H and O–H groups in total. The van der Waals surface area contributed by atoms with Gasteiger partial charge in [-0.2, -0.15) is 11.8 Å². The zero-order chi connectivity index (χ0) is 12.9. The molecule has 1 rings (SSSR count). The lowest BCUT2D eigenvalue weighted by Gasteiger charge is -2.27. The van der Waals surface area contributed by atoms with Crippen molar-refractivity contribution in [3.63, 3.8) is 0 Å². The van der Waals surface area contributed by atoms with E-state index in [9.17, 15) is 9.59 Å². The second-order valence-electron chi connectivity index (χ2n) is 4.59. The van der Waals surface area contributed by atoms with E-state index in [2.05, 4.69) is 11.6 Å². The average Bonchev–Trinajstić information content (AvgIpc) is 2.74. The lowest BCUT2D eigenvalue weighted by molar-refractivity contribution is -0.126. The lowest BCUT2D eigenvalue weighted by atomic mass is 10.1. The molecular formula is C11H21N3O2S. The molecule has 98 valence electrons. The highest BCUT2D eigenvalue weighted by Crippen LogP contribution is 2.39. The highest BCUT2D eigenvalue weighted by molar-refractivity contribution is 8.00. The quantitative estimate of drug-likeness (QED) is 0.624. The normalized spacial score (nSPS) is 19.9. The zero-order valence-electron chi connectivity index (χ0n) is 10.2. The Balaban J connectivity index is 2.38. The SMILES string of the molecule is CSC1(CNC(=O)C(N)CC(N)=O)CCCC1. The van der Waals surface area contributed by atoms with Crippen LogP contribution in [0.1, 0.15) is 32.1 Å². The molecule has 1 fully saturated rings. The van der Waals surface area contributed by atoms with E-state index in [1.807, 2.05) is 0 Å². The molecule has 0 radical (unpaired) electrons. The summed E-state index contributed by atoms with van der Waals surface area (Å²) in [4.78, 5) is 22.3. The highest BCUT2D eigenvalue weighted by atomic mass is 32.2. The Morgan fingerprint density at radius 1 is 1.41 bits per heavy atom. The Bertz CT molecular complexity index is 290. The minimum absolute atomic E-state index is 0.0991. The van der Waals surface area contributed by atoms with Crippen LogP contribution in [0, 0.1) is 0 Å². The monoisotopic (exact) mass is 259 g/mol. The minimum Gasteiger partial charge on any atom is -0.370 e. The Morgan fingerprint density at radius 3 is 2.47 bits per heavy atom. The van der Waals surface area contributed by atoms with Crippen LogP contribution < -0.4 is 16.8 Å². The fourth-order valence-electron chi connectivity index (χ4n) is 2.16. The molecule has 0 bridgehead atoms. The summed E-state index contributed by atoms with van der Waals surface area (Å²) in [6.07, 6.45) is 6.64. The summed E-state index contributed by atoms with van der Waals surface area (Å²) in [5.74, 6) is -0.836. The van der Waals surface area contributed by atoms with Gasteiger partial charge in [-0.3, -0.25) is 9.59 Å². The van der Waals surface area contributed by atoms with Crippen molar-refractivity contribution in [3.8, 4) is 0 Å². The summed E-state index contributed by atoms with van der Waals surface area (Å²) < 4.78 is 0.155. The largest absolute Gasteiger partial charge is 0.370 e. The molecular weight excluding hydrogens is 238 g/mol. The Kier molecular flexibility index (Phi) is 5.27. The van der Waals surface area contributed by atoms with Crippen LogP contribution in [-0.2, 0) is 9.59 Å². The Labute approximate surface area is 106 Å². The van der Waals surface area contributed by atoms with Gasteiger partial charge in [0.2, 0.25) is 11.8 Å². The van der Waals surface area contributed by atoms with Gasteiger partial charge in [-0.1, -0.05) is 12.8 Å². The van der Waals surface area contributed by atoms with Gasteiger partial charge in [0.25, 0.3) is 0 Å². The molecule has 17 heavy (non-hydrogen) atoms. The molecule has 6 heteroatoms. The van der Waals surface area contributed by atoms with Crippen molar-refractivity contribution in [2.75, 3.05) is 12.8 Å². The molecule has 0 aromatic heterocycles. The van der Waals surface area contributed by atoms with Crippen LogP contribution >= 0.6 is 11.8 Å². The first-order chi connectivity index (χ1) is 7.99. The van der Waals surface area contributed by atoms with E-state index in [0.29, 0.717) is 6.54 Å². The Morgan fingerprint density at radius 2 is 2.00 bits per heavy atom. The molecule has 1 aliphatic rings. The van der Waals surface area contributed by atoms with Crippen molar-refractivity contribution in [3.05, 3.63) is 0 Å². The molecule has 0 saturated heterocycles. The van der Waals surface area contributed by atoms with Crippen LogP contribution in [0.2, 0.25) is 0 Å². The zero-order valence-corrected chi connectivity index (χ0v) is 11.0. The van der Waals surface area contributed by atoms with Crippen LogP contribution in [0.25, 0.3) is 0 Å². The maximum atomic E-state index is 11.6. The number of amides is 2. The van der Waals surface area contributed by atoms with E-state index in [-0.39, 0.29) is 17.1 Å². The van der Waals surface area contributed by atoms with Gasteiger partial charge in [0.05, 0.1) is 12.5 Å². The van der Waals surface area contributed by atoms with Crippen LogP contribution in [0.4, 0.5) is 0 Å². The third-order valence-electron chi connectivity index (χ3n) is 3.29. The third-order valence-corrected chi connectivity index (χ3v) is 4.71. The fourth-order valence-corrected chi connectivity index (χ4v) is 3.07. The number of nitrogens with two attached hydrogens (primary N) is 2. The average molecular weight is 259 g/mol.